The third kappa shape index (κ3) is 16.9. The first-order valence-corrected chi connectivity index (χ1v) is 18.7. The maximum atomic E-state index is 12.2. The van der Waals surface area contributed by atoms with Gasteiger partial charge in [0.1, 0.15) is 23.6 Å². The lowest BCUT2D eigenvalue weighted by atomic mass is 10.0. The van der Waals surface area contributed by atoms with Crippen LogP contribution in [0.25, 0.3) is 0 Å². The molecule has 2 N–H and O–H groups in total. The molecule has 0 saturated carbocycles. The molecule has 0 bridgehead atoms. The van der Waals surface area contributed by atoms with Crippen LogP contribution in [-0.2, 0) is 28.5 Å². The van der Waals surface area contributed by atoms with E-state index in [1.807, 2.05) is 37.3 Å². The Hall–Kier alpha value is -4.18. The van der Waals surface area contributed by atoms with Gasteiger partial charge in [0.05, 0.1) is 69.8 Å². The summed E-state index contributed by atoms with van der Waals surface area (Å²) in [6, 6.07) is 9.92. The molecule has 1 aromatic carbocycles. The second kappa shape index (κ2) is 26.6. The molecule has 0 aliphatic heterocycles. The Balaban J connectivity index is 1.75. The van der Waals surface area contributed by atoms with Gasteiger partial charge < -0.3 is 34.1 Å². The number of aliphatic carboxylic acids is 1. The fourth-order valence-corrected chi connectivity index (χ4v) is 5.93. The number of carboxylic acid groups (broad SMARTS) is 1. The monoisotopic (exact) mass is 739 g/mol. The van der Waals surface area contributed by atoms with E-state index in [4.69, 9.17) is 24.1 Å². The molecule has 2 rings (SSSR count). The predicted octanol–water partition coefficient (Wildman–Crippen LogP) is 7.31. The van der Waals surface area contributed by atoms with Gasteiger partial charge in [-0.2, -0.15) is 10.5 Å². The normalized spacial score (nSPS) is 11.9. The number of nitriles is 2. The van der Waals surface area contributed by atoms with Crippen molar-refractivity contribution in [1.82, 2.24) is 0 Å². The molecule has 0 spiro atoms. The Kier molecular flexibility index (Phi) is 22.5. The number of anilines is 1. The van der Waals surface area contributed by atoms with Gasteiger partial charge in [-0.25, -0.2) is 0 Å². The van der Waals surface area contributed by atoms with E-state index in [0.717, 1.165) is 35.4 Å². The van der Waals surface area contributed by atoms with Crippen molar-refractivity contribution in [3.8, 4) is 12.1 Å². The second-order valence-corrected chi connectivity index (χ2v) is 13.0. The van der Waals surface area contributed by atoms with Gasteiger partial charge >= 0.3 is 11.9 Å². The number of carbonyl (C=O) groups is 2. The van der Waals surface area contributed by atoms with Gasteiger partial charge in [0.2, 0.25) is 0 Å². The van der Waals surface area contributed by atoms with E-state index in [1.54, 1.807) is 6.92 Å². The lowest BCUT2D eigenvalue weighted by Gasteiger charge is -2.25. The number of aliphatic hydroxyl groups is 1. The highest BCUT2D eigenvalue weighted by Gasteiger charge is 2.21. The zero-order valence-electron chi connectivity index (χ0n) is 30.7. The molecular weight excluding hydrogens is 687 g/mol. The standard InChI is InChI=1S/C38H53N5O8S/c1-4-5-6-7-8-9-10-11-12-31(38(46)47)26-36(45)51-24-23-50-22-21-49-19-16-43(15-18-48-20-17-44)32-13-14-34(29(2)25-32)41-42-37-33(27-39)30(3)35(28-40)52-37/h10-11,13-14,25,31,44H,4-9,12,15-24,26H2,1-3H3,(H,46,47)/b11-10+,42-41?. The lowest BCUT2D eigenvalue weighted by molar-refractivity contribution is -0.152. The molecule has 1 unspecified atom stereocenters. The average Bonchev–Trinajstić information content (AvgIpc) is 3.45. The van der Waals surface area contributed by atoms with Crippen molar-refractivity contribution in [2.75, 3.05) is 70.8 Å². The predicted molar refractivity (Wildman–Crippen MR) is 199 cm³/mol. The van der Waals surface area contributed by atoms with E-state index in [2.05, 4.69) is 34.2 Å². The Bertz CT molecular complexity index is 1510. The van der Waals surface area contributed by atoms with E-state index in [0.29, 0.717) is 72.6 Å². The van der Waals surface area contributed by atoms with Crippen LogP contribution in [0, 0.1) is 42.4 Å². The maximum Gasteiger partial charge on any atom is 0.307 e. The Morgan fingerprint density at radius 1 is 0.923 bits per heavy atom. The Labute approximate surface area is 311 Å². The number of hydrogen-bond donors (Lipinski definition) is 2. The summed E-state index contributed by atoms with van der Waals surface area (Å²) in [5.74, 6) is -2.39. The second-order valence-electron chi connectivity index (χ2n) is 12.0. The minimum absolute atomic E-state index is 0.0304. The van der Waals surface area contributed by atoms with E-state index < -0.39 is 17.9 Å². The van der Waals surface area contributed by atoms with Crippen molar-refractivity contribution in [3.05, 3.63) is 51.9 Å². The topological polar surface area (TPSA) is 187 Å². The van der Waals surface area contributed by atoms with Crippen molar-refractivity contribution >= 4 is 39.7 Å². The van der Waals surface area contributed by atoms with E-state index in [9.17, 15) is 25.2 Å². The first-order chi connectivity index (χ1) is 25.2. The molecule has 52 heavy (non-hydrogen) atoms. The number of azo groups is 1. The minimum Gasteiger partial charge on any atom is -0.481 e. The van der Waals surface area contributed by atoms with Crippen molar-refractivity contribution in [2.24, 2.45) is 16.1 Å². The number of unbranched alkanes of at least 4 members (excludes halogenated alkanes) is 5. The van der Waals surface area contributed by atoms with Gasteiger partial charge in [0.25, 0.3) is 0 Å². The van der Waals surface area contributed by atoms with Crippen LogP contribution in [0.3, 0.4) is 0 Å². The molecule has 13 nitrogen and oxygen atoms in total. The summed E-state index contributed by atoms with van der Waals surface area (Å²) < 4.78 is 22.0. The van der Waals surface area contributed by atoms with Crippen molar-refractivity contribution in [2.45, 2.75) is 72.1 Å². The zero-order valence-corrected chi connectivity index (χ0v) is 31.5. The molecule has 14 heteroatoms. The third-order valence-corrected chi connectivity index (χ3v) is 9.15. The molecule has 1 aromatic heterocycles. The maximum absolute atomic E-state index is 12.2. The highest BCUT2D eigenvalue weighted by Crippen LogP contribution is 2.36. The van der Waals surface area contributed by atoms with Crippen LogP contribution in [0.15, 0.2) is 40.6 Å². The molecule has 0 aliphatic carbocycles. The van der Waals surface area contributed by atoms with Crippen molar-refractivity contribution in [3.63, 3.8) is 0 Å². The first-order valence-electron chi connectivity index (χ1n) is 17.8. The van der Waals surface area contributed by atoms with Crippen LogP contribution in [0.1, 0.15) is 79.9 Å². The van der Waals surface area contributed by atoms with Gasteiger partial charge in [0.15, 0.2) is 5.00 Å². The third-order valence-electron chi connectivity index (χ3n) is 8.07. The van der Waals surface area contributed by atoms with E-state index >= 15 is 0 Å². The fraction of sp³-hybridized carbons (Fsp3) is 0.579. The number of carboxylic acids is 1. The summed E-state index contributed by atoms with van der Waals surface area (Å²) in [4.78, 5) is 26.3. The summed E-state index contributed by atoms with van der Waals surface area (Å²) in [6.07, 6.45) is 10.8. The summed E-state index contributed by atoms with van der Waals surface area (Å²) >= 11 is 1.14. The van der Waals surface area contributed by atoms with Crippen LogP contribution >= 0.6 is 11.3 Å². The molecule has 0 aliphatic rings. The van der Waals surface area contributed by atoms with Crippen LogP contribution in [-0.4, -0.2) is 88.1 Å². The van der Waals surface area contributed by atoms with Gasteiger partial charge in [-0.1, -0.05) is 44.8 Å². The van der Waals surface area contributed by atoms with Gasteiger partial charge in [-0.05, 0) is 62.4 Å². The average molecular weight is 740 g/mol. The number of ether oxygens (including phenoxy) is 4. The minimum atomic E-state index is -1.01. The number of aliphatic hydroxyl groups excluding tert-OH is 1. The molecule has 0 saturated heterocycles. The number of benzene rings is 1. The van der Waals surface area contributed by atoms with Crippen molar-refractivity contribution in [1.29, 1.82) is 10.5 Å². The summed E-state index contributed by atoms with van der Waals surface area (Å²) in [5, 5.41) is 46.3. The summed E-state index contributed by atoms with van der Waals surface area (Å²) in [6.45, 7) is 8.73. The lowest BCUT2D eigenvalue weighted by Crippen LogP contribution is -2.31. The largest absolute Gasteiger partial charge is 0.481 e. The zero-order chi connectivity index (χ0) is 38.0. The van der Waals surface area contributed by atoms with Gasteiger partial charge in [-0.3, -0.25) is 9.59 Å². The van der Waals surface area contributed by atoms with Crippen LogP contribution in [0.4, 0.5) is 16.4 Å². The number of esters is 1. The summed E-state index contributed by atoms with van der Waals surface area (Å²) in [7, 11) is 0. The number of carbonyl (C=O) groups excluding carboxylic acids is 1. The van der Waals surface area contributed by atoms with Crippen LogP contribution in [0.5, 0.6) is 0 Å². The first kappa shape index (κ1) is 44.0. The smallest absolute Gasteiger partial charge is 0.307 e. The number of nitrogens with zero attached hydrogens (tertiary/aromatic N) is 5. The van der Waals surface area contributed by atoms with Gasteiger partial charge in [0, 0.05) is 18.8 Å². The quantitative estimate of drug-likeness (QED) is 0.0385. The van der Waals surface area contributed by atoms with E-state index in [-0.39, 0.29) is 32.8 Å². The SMILES string of the molecule is CCCCCCC/C=C/CC(CC(=O)OCCOCCOCCN(CCOCCO)c1ccc(N=Nc2sc(C#N)c(C)c2C#N)c(C)c1)C(=O)O. The number of hydrogen-bond acceptors (Lipinski definition) is 13. The molecule has 0 amide bonds. The van der Waals surface area contributed by atoms with Crippen LogP contribution in [0.2, 0.25) is 0 Å². The Morgan fingerprint density at radius 3 is 2.27 bits per heavy atom. The van der Waals surface area contributed by atoms with Crippen molar-refractivity contribution < 1.29 is 38.7 Å². The molecule has 284 valence electrons. The Morgan fingerprint density at radius 2 is 1.62 bits per heavy atom. The molecule has 1 atom stereocenters. The molecule has 2 aromatic rings. The van der Waals surface area contributed by atoms with Crippen LogP contribution < -0.4 is 4.90 Å². The summed E-state index contributed by atoms with van der Waals surface area (Å²) in [5.41, 5.74) is 3.37. The molecular formula is C38H53N5O8S. The highest BCUT2D eigenvalue weighted by atomic mass is 32.1. The molecule has 1 heterocycles. The fourth-order valence-electron chi connectivity index (χ4n) is 5.05. The molecule has 0 radical (unpaired) electrons. The number of thiophene rings is 1. The number of allylic oxidation sites excluding steroid dienone is 2. The number of rotatable bonds is 28. The van der Waals surface area contributed by atoms with E-state index in [1.165, 1.54) is 25.7 Å². The molecule has 0 fully saturated rings. The number of aryl methyl sites for hydroxylation is 1. The van der Waals surface area contributed by atoms with Gasteiger partial charge in [-0.15, -0.1) is 21.6 Å². The highest BCUT2D eigenvalue weighted by molar-refractivity contribution is 7.16.